The van der Waals surface area contributed by atoms with Gasteiger partial charge < -0.3 is 5.32 Å². The van der Waals surface area contributed by atoms with E-state index in [0.717, 1.165) is 42.1 Å². The summed E-state index contributed by atoms with van der Waals surface area (Å²) in [4.78, 5) is 21.6. The molecule has 2 fully saturated rings. The first-order valence-corrected chi connectivity index (χ1v) is 11.8. The van der Waals surface area contributed by atoms with Gasteiger partial charge in [-0.3, -0.25) is 9.78 Å². The molecule has 1 N–H and O–H groups in total. The average molecular weight is 442 g/mol. The molecule has 5 heteroatoms. The fourth-order valence-corrected chi connectivity index (χ4v) is 5.96. The Kier molecular flexibility index (Phi) is 5.85. The van der Waals surface area contributed by atoms with Crippen LogP contribution in [0.4, 0.5) is 10.2 Å². The lowest BCUT2D eigenvalue weighted by atomic mass is 9.86. The van der Waals surface area contributed by atoms with E-state index in [4.69, 9.17) is 0 Å². The largest absolute Gasteiger partial charge is 0.310 e. The maximum Gasteiger partial charge on any atom is 0.228 e. The normalized spacial score (nSPS) is 24.7. The van der Waals surface area contributed by atoms with E-state index in [1.54, 1.807) is 31.3 Å². The minimum absolute atomic E-state index is 0.0361. The summed E-state index contributed by atoms with van der Waals surface area (Å²) in [7, 11) is 0. The molecule has 2 heterocycles. The summed E-state index contributed by atoms with van der Waals surface area (Å²) in [6.07, 6.45) is 7.89. The first-order valence-electron chi connectivity index (χ1n) is 11.8. The second-order valence-corrected chi connectivity index (χ2v) is 9.57. The maximum atomic E-state index is 13.9. The molecule has 2 aliphatic carbocycles. The van der Waals surface area contributed by atoms with E-state index in [9.17, 15) is 9.18 Å². The summed E-state index contributed by atoms with van der Waals surface area (Å²) in [5.74, 6) is 8.22. The molecule has 0 bridgehead atoms. The fraction of sp³-hybridized carbons (Fsp3) is 0.393. The molecule has 0 radical (unpaired) electrons. The second-order valence-electron chi connectivity index (χ2n) is 9.57. The second kappa shape index (κ2) is 8.94. The molecule has 33 heavy (non-hydrogen) atoms. The molecule has 2 aliphatic rings. The first-order chi connectivity index (χ1) is 16.0. The summed E-state index contributed by atoms with van der Waals surface area (Å²) in [5, 5.41) is 3.91. The van der Waals surface area contributed by atoms with Crippen LogP contribution in [0.1, 0.15) is 56.6 Å². The Hall–Kier alpha value is -3.26. The van der Waals surface area contributed by atoms with Crippen molar-refractivity contribution in [3.8, 4) is 11.8 Å². The van der Waals surface area contributed by atoms with Gasteiger partial charge in [-0.25, -0.2) is 9.37 Å². The minimum atomic E-state index is -0.211. The van der Waals surface area contributed by atoms with E-state index in [1.165, 1.54) is 11.6 Å². The number of halogens is 1. The van der Waals surface area contributed by atoms with Crippen LogP contribution in [0, 0.1) is 41.3 Å². The predicted octanol–water partition coefficient (Wildman–Crippen LogP) is 5.93. The van der Waals surface area contributed by atoms with Crippen LogP contribution >= 0.6 is 0 Å². The van der Waals surface area contributed by atoms with Crippen LogP contribution in [0.3, 0.4) is 0 Å². The Bertz CT molecular complexity index is 1230. The highest BCUT2D eigenvalue weighted by Gasteiger charge is 2.44. The Morgan fingerprint density at radius 1 is 1.09 bits per heavy atom. The monoisotopic (exact) mass is 441 g/mol. The van der Waals surface area contributed by atoms with Crippen molar-refractivity contribution in [2.75, 3.05) is 5.32 Å². The van der Waals surface area contributed by atoms with Crippen molar-refractivity contribution in [1.82, 2.24) is 9.97 Å². The highest BCUT2D eigenvalue weighted by molar-refractivity contribution is 5.91. The fourth-order valence-electron chi connectivity index (χ4n) is 5.96. The van der Waals surface area contributed by atoms with Crippen LogP contribution in [-0.2, 0) is 4.79 Å². The van der Waals surface area contributed by atoms with E-state index in [-0.39, 0.29) is 17.6 Å². The molecule has 2 unspecified atom stereocenters. The van der Waals surface area contributed by atoms with E-state index in [1.807, 2.05) is 19.2 Å². The van der Waals surface area contributed by atoms with Crippen molar-refractivity contribution < 1.29 is 9.18 Å². The summed E-state index contributed by atoms with van der Waals surface area (Å²) in [6, 6.07) is 10.6. The number of nitrogens with zero attached hydrogens (tertiary/aromatic N) is 2. The molecule has 0 spiro atoms. The summed E-state index contributed by atoms with van der Waals surface area (Å²) < 4.78 is 13.9. The molecule has 2 aromatic heterocycles. The van der Waals surface area contributed by atoms with Crippen molar-refractivity contribution in [2.45, 2.75) is 45.4 Å². The van der Waals surface area contributed by atoms with Gasteiger partial charge in [-0.2, -0.15) is 0 Å². The van der Waals surface area contributed by atoms with Gasteiger partial charge in [-0.15, -0.1) is 5.92 Å². The van der Waals surface area contributed by atoms with Crippen LogP contribution in [0.25, 0.3) is 10.9 Å². The highest BCUT2D eigenvalue weighted by atomic mass is 19.1. The van der Waals surface area contributed by atoms with Crippen molar-refractivity contribution in [3.63, 3.8) is 0 Å². The molecular formula is C28H28FN3O. The van der Waals surface area contributed by atoms with Crippen molar-refractivity contribution in [2.24, 2.45) is 23.7 Å². The maximum absolute atomic E-state index is 13.9. The van der Waals surface area contributed by atoms with Gasteiger partial charge in [-0.05, 0) is 98.2 Å². The molecule has 1 aromatic carbocycles. The quantitative estimate of drug-likeness (QED) is 0.510. The van der Waals surface area contributed by atoms with Crippen LogP contribution in [-0.4, -0.2) is 15.9 Å². The third-order valence-electron chi connectivity index (χ3n) is 7.63. The van der Waals surface area contributed by atoms with Gasteiger partial charge in [0.2, 0.25) is 5.91 Å². The number of hydrogen-bond donors (Lipinski definition) is 1. The van der Waals surface area contributed by atoms with Crippen LogP contribution in [0.5, 0.6) is 0 Å². The Labute approximate surface area is 194 Å². The lowest BCUT2D eigenvalue weighted by molar-refractivity contribution is -0.120. The van der Waals surface area contributed by atoms with Gasteiger partial charge in [0.05, 0.1) is 5.52 Å². The smallest absolute Gasteiger partial charge is 0.228 e. The van der Waals surface area contributed by atoms with Gasteiger partial charge in [0.1, 0.15) is 11.6 Å². The summed E-state index contributed by atoms with van der Waals surface area (Å²) in [5.41, 5.74) is 2.92. The summed E-state index contributed by atoms with van der Waals surface area (Å²) in [6.45, 7) is 3.82. The molecule has 5 rings (SSSR count). The molecule has 168 valence electrons. The Morgan fingerprint density at radius 3 is 2.58 bits per heavy atom. The number of anilines is 1. The number of carbonyl (C=O) groups is 1. The highest BCUT2D eigenvalue weighted by Crippen LogP contribution is 2.54. The van der Waals surface area contributed by atoms with Crippen LogP contribution < -0.4 is 5.32 Å². The standard InChI is InChI=1S/C28H28FN3O/c1-3-4-18-5-8-27(31-16-18)32-28(33)17(2)19-11-20-13-22(14-21(20)12-19)24-9-10-30-26-7-6-23(29)15-25(24)26/h5-10,15-17,19-22H,11-14H2,1-2H3,(H,31,32,33)/t17?,19-,20-,21+,22?. The Balaban J connectivity index is 1.22. The molecule has 4 nitrogen and oxygen atoms in total. The summed E-state index contributed by atoms with van der Waals surface area (Å²) >= 11 is 0. The third-order valence-corrected chi connectivity index (χ3v) is 7.63. The molecule has 5 atom stereocenters. The molecule has 0 saturated heterocycles. The number of hydrogen-bond acceptors (Lipinski definition) is 3. The Morgan fingerprint density at radius 2 is 1.88 bits per heavy atom. The van der Waals surface area contributed by atoms with Gasteiger partial charge in [0.25, 0.3) is 0 Å². The number of amides is 1. The van der Waals surface area contributed by atoms with Crippen molar-refractivity contribution >= 4 is 22.6 Å². The number of aromatic nitrogens is 2. The number of pyridine rings is 2. The molecule has 3 aromatic rings. The number of nitrogens with one attached hydrogen (secondary N) is 1. The molecule has 0 aliphatic heterocycles. The van der Waals surface area contributed by atoms with Gasteiger partial charge in [-0.1, -0.05) is 12.8 Å². The van der Waals surface area contributed by atoms with Gasteiger partial charge >= 0.3 is 0 Å². The topological polar surface area (TPSA) is 54.9 Å². The predicted molar refractivity (Wildman–Crippen MR) is 128 cm³/mol. The molecule has 1 amide bonds. The minimum Gasteiger partial charge on any atom is -0.310 e. The number of benzene rings is 1. The van der Waals surface area contributed by atoms with E-state index < -0.39 is 0 Å². The first kappa shape index (κ1) is 21.6. The van der Waals surface area contributed by atoms with Crippen molar-refractivity contribution in [1.29, 1.82) is 0 Å². The van der Waals surface area contributed by atoms with Crippen molar-refractivity contribution in [3.05, 3.63) is 65.7 Å². The number of rotatable bonds is 4. The number of carbonyl (C=O) groups excluding carboxylic acids is 1. The number of fused-ring (bicyclic) bond motifs is 2. The van der Waals surface area contributed by atoms with Crippen LogP contribution in [0.15, 0.2) is 48.8 Å². The van der Waals surface area contributed by atoms with E-state index in [2.05, 4.69) is 33.2 Å². The van der Waals surface area contributed by atoms with Gasteiger partial charge in [0.15, 0.2) is 0 Å². The molecular weight excluding hydrogens is 413 g/mol. The SMILES string of the molecule is CC#Cc1ccc(NC(=O)C(C)[C@H]2C[C@H]3CC(c4ccnc5ccc(F)cc45)C[C@H]3C2)nc1. The zero-order valence-electron chi connectivity index (χ0n) is 19.0. The lowest BCUT2D eigenvalue weighted by Gasteiger charge is -2.21. The van der Waals surface area contributed by atoms with E-state index in [0.29, 0.717) is 29.5 Å². The lowest BCUT2D eigenvalue weighted by Crippen LogP contribution is -2.26. The van der Waals surface area contributed by atoms with E-state index >= 15 is 0 Å². The van der Waals surface area contributed by atoms with Crippen LogP contribution in [0.2, 0.25) is 0 Å². The zero-order chi connectivity index (χ0) is 22.9. The third kappa shape index (κ3) is 4.35. The zero-order valence-corrected chi connectivity index (χ0v) is 19.0. The van der Waals surface area contributed by atoms with Gasteiger partial charge in [0, 0.05) is 29.3 Å². The molecule has 2 saturated carbocycles. The average Bonchev–Trinajstić information content (AvgIpc) is 3.39.